The molecule has 2 heteroatoms. The van der Waals surface area contributed by atoms with Gasteiger partial charge in [-0.3, -0.25) is 0 Å². The highest BCUT2D eigenvalue weighted by Gasteiger charge is 2.35. The molecule has 2 aromatic carbocycles. The maximum Gasteiger partial charge on any atom is 0.298 e. The van der Waals surface area contributed by atoms with E-state index in [2.05, 4.69) is 13.2 Å². The SMILES string of the molecule is C=Cc1ccc(C(F)(F)C(=C)c2ccccc2)cc1. The number of allylic oxidation sites excluding steroid dienone is 1. The fourth-order valence-corrected chi connectivity index (χ4v) is 1.82. The first kappa shape index (κ1) is 13.2. The monoisotopic (exact) mass is 256 g/mol. The van der Waals surface area contributed by atoms with Gasteiger partial charge in [-0.25, -0.2) is 0 Å². The summed E-state index contributed by atoms with van der Waals surface area (Å²) < 4.78 is 28.7. The van der Waals surface area contributed by atoms with Crippen molar-refractivity contribution in [3.05, 3.63) is 84.4 Å². The minimum Gasteiger partial charge on any atom is -0.196 e. The summed E-state index contributed by atoms with van der Waals surface area (Å²) in [7, 11) is 0. The van der Waals surface area contributed by atoms with Crippen molar-refractivity contribution in [3.63, 3.8) is 0 Å². The molecule has 0 amide bonds. The molecule has 0 fully saturated rings. The van der Waals surface area contributed by atoms with Gasteiger partial charge >= 0.3 is 0 Å². The summed E-state index contributed by atoms with van der Waals surface area (Å²) in [6.07, 6.45) is 1.62. The van der Waals surface area contributed by atoms with E-state index in [1.165, 1.54) is 12.1 Å². The van der Waals surface area contributed by atoms with Crippen LogP contribution in [0.3, 0.4) is 0 Å². The van der Waals surface area contributed by atoms with Crippen LogP contribution in [0.25, 0.3) is 11.6 Å². The summed E-state index contributed by atoms with van der Waals surface area (Å²) >= 11 is 0. The summed E-state index contributed by atoms with van der Waals surface area (Å²) in [5.41, 5.74) is 0.997. The Bertz CT molecular complexity index is 580. The Morgan fingerprint density at radius 2 is 1.53 bits per heavy atom. The zero-order chi connectivity index (χ0) is 13.9. The van der Waals surface area contributed by atoms with E-state index >= 15 is 0 Å². The van der Waals surface area contributed by atoms with Crippen LogP contribution in [0.5, 0.6) is 0 Å². The van der Waals surface area contributed by atoms with E-state index in [-0.39, 0.29) is 11.1 Å². The van der Waals surface area contributed by atoms with Crippen molar-refractivity contribution in [1.82, 2.24) is 0 Å². The van der Waals surface area contributed by atoms with Gasteiger partial charge in [-0.05, 0) is 11.1 Å². The van der Waals surface area contributed by atoms with E-state index in [1.807, 2.05) is 0 Å². The van der Waals surface area contributed by atoms with E-state index in [0.29, 0.717) is 5.56 Å². The molecule has 0 saturated heterocycles. The van der Waals surface area contributed by atoms with Crippen LogP contribution in [0.2, 0.25) is 0 Å². The predicted molar refractivity (Wildman–Crippen MR) is 75.9 cm³/mol. The summed E-state index contributed by atoms with van der Waals surface area (Å²) in [4.78, 5) is 0. The molecule has 0 nitrogen and oxygen atoms in total. The van der Waals surface area contributed by atoms with E-state index < -0.39 is 5.92 Å². The van der Waals surface area contributed by atoms with E-state index in [0.717, 1.165) is 5.56 Å². The highest BCUT2D eigenvalue weighted by molar-refractivity contribution is 5.70. The van der Waals surface area contributed by atoms with Crippen molar-refractivity contribution in [3.8, 4) is 0 Å². The maximum atomic E-state index is 14.3. The molecule has 2 rings (SSSR count). The van der Waals surface area contributed by atoms with Gasteiger partial charge in [0.15, 0.2) is 0 Å². The first-order chi connectivity index (χ1) is 9.05. The van der Waals surface area contributed by atoms with Crippen LogP contribution in [0.15, 0.2) is 67.8 Å². The third kappa shape index (κ3) is 2.63. The standard InChI is InChI=1S/C17H14F2/c1-3-14-9-11-16(12-10-14)17(18,19)13(2)15-7-5-4-6-8-15/h3-12H,1-2H2. The summed E-state index contributed by atoms with van der Waals surface area (Å²) in [6.45, 7) is 7.15. The molecule has 0 saturated carbocycles. The molecule has 0 atom stereocenters. The van der Waals surface area contributed by atoms with Crippen LogP contribution >= 0.6 is 0 Å². The average molecular weight is 256 g/mol. The minimum atomic E-state index is -3.08. The zero-order valence-corrected chi connectivity index (χ0v) is 10.4. The first-order valence-electron chi connectivity index (χ1n) is 5.91. The normalized spacial score (nSPS) is 11.1. The topological polar surface area (TPSA) is 0 Å². The number of alkyl halides is 2. The van der Waals surface area contributed by atoms with Gasteiger partial charge in [0, 0.05) is 11.1 Å². The minimum absolute atomic E-state index is 0.0630. The van der Waals surface area contributed by atoms with Gasteiger partial charge in [-0.15, -0.1) is 0 Å². The van der Waals surface area contributed by atoms with Crippen LogP contribution in [-0.4, -0.2) is 0 Å². The van der Waals surface area contributed by atoms with Crippen molar-refractivity contribution >= 4 is 11.6 Å². The quantitative estimate of drug-likeness (QED) is 0.711. The lowest BCUT2D eigenvalue weighted by molar-refractivity contribution is 0.0647. The molecule has 0 aliphatic heterocycles. The Labute approximate surface area is 111 Å². The molecule has 0 aliphatic rings. The smallest absolute Gasteiger partial charge is 0.196 e. The van der Waals surface area contributed by atoms with Crippen molar-refractivity contribution in [2.75, 3.05) is 0 Å². The number of rotatable bonds is 4. The predicted octanol–water partition coefficient (Wildman–Crippen LogP) is 5.13. The van der Waals surface area contributed by atoms with Crippen LogP contribution < -0.4 is 0 Å². The number of halogens is 2. The van der Waals surface area contributed by atoms with Gasteiger partial charge in [0.25, 0.3) is 5.92 Å². The molecular formula is C17H14F2. The van der Waals surface area contributed by atoms with Gasteiger partial charge in [0.2, 0.25) is 0 Å². The average Bonchev–Trinajstić information content (AvgIpc) is 2.47. The highest BCUT2D eigenvalue weighted by atomic mass is 19.3. The molecule has 0 unspecified atom stereocenters. The van der Waals surface area contributed by atoms with Crippen molar-refractivity contribution in [2.45, 2.75) is 5.92 Å². The number of benzene rings is 2. The molecular weight excluding hydrogens is 242 g/mol. The van der Waals surface area contributed by atoms with Gasteiger partial charge in [0.05, 0.1) is 0 Å². The lowest BCUT2D eigenvalue weighted by atomic mass is 9.95. The fourth-order valence-electron chi connectivity index (χ4n) is 1.82. The van der Waals surface area contributed by atoms with Gasteiger partial charge < -0.3 is 0 Å². The third-order valence-corrected chi connectivity index (χ3v) is 3.01. The Hall–Kier alpha value is -2.22. The van der Waals surface area contributed by atoms with Crippen LogP contribution in [0, 0.1) is 0 Å². The number of hydrogen-bond donors (Lipinski definition) is 0. The lowest BCUT2D eigenvalue weighted by Gasteiger charge is -2.20. The van der Waals surface area contributed by atoms with E-state index in [4.69, 9.17) is 0 Å². The summed E-state index contributed by atoms with van der Waals surface area (Å²) in [5, 5.41) is 0. The van der Waals surface area contributed by atoms with Crippen LogP contribution in [-0.2, 0) is 5.92 Å². The molecule has 0 heterocycles. The van der Waals surface area contributed by atoms with Crippen LogP contribution in [0.1, 0.15) is 16.7 Å². The van der Waals surface area contributed by atoms with E-state index in [9.17, 15) is 8.78 Å². The molecule has 0 bridgehead atoms. The van der Waals surface area contributed by atoms with Crippen molar-refractivity contribution < 1.29 is 8.78 Å². The van der Waals surface area contributed by atoms with Gasteiger partial charge in [-0.2, -0.15) is 8.78 Å². The Kier molecular flexibility index (Phi) is 3.61. The van der Waals surface area contributed by atoms with Crippen molar-refractivity contribution in [1.29, 1.82) is 0 Å². The Morgan fingerprint density at radius 3 is 2.05 bits per heavy atom. The van der Waals surface area contributed by atoms with E-state index in [1.54, 1.807) is 48.5 Å². The van der Waals surface area contributed by atoms with Gasteiger partial charge in [0.1, 0.15) is 0 Å². The molecule has 19 heavy (non-hydrogen) atoms. The molecule has 96 valence electrons. The van der Waals surface area contributed by atoms with Gasteiger partial charge in [-0.1, -0.05) is 73.8 Å². The summed E-state index contributed by atoms with van der Waals surface area (Å²) in [5.74, 6) is -3.08. The first-order valence-corrected chi connectivity index (χ1v) is 5.91. The fraction of sp³-hybridized carbons (Fsp3) is 0.0588. The second-order valence-electron chi connectivity index (χ2n) is 4.25. The summed E-state index contributed by atoms with van der Waals surface area (Å²) in [6, 6.07) is 14.5. The third-order valence-electron chi connectivity index (χ3n) is 3.01. The van der Waals surface area contributed by atoms with Crippen LogP contribution in [0.4, 0.5) is 8.78 Å². The molecule has 2 aromatic rings. The molecule has 0 aliphatic carbocycles. The number of hydrogen-bond acceptors (Lipinski definition) is 0. The zero-order valence-electron chi connectivity index (χ0n) is 10.4. The lowest BCUT2D eigenvalue weighted by Crippen LogP contribution is -2.15. The molecule has 0 aromatic heterocycles. The Balaban J connectivity index is 2.35. The second kappa shape index (κ2) is 5.19. The Morgan fingerprint density at radius 1 is 0.947 bits per heavy atom. The van der Waals surface area contributed by atoms with Crippen molar-refractivity contribution in [2.24, 2.45) is 0 Å². The second-order valence-corrected chi connectivity index (χ2v) is 4.25. The highest BCUT2D eigenvalue weighted by Crippen LogP contribution is 2.40. The molecule has 0 spiro atoms. The maximum absolute atomic E-state index is 14.3. The molecule has 0 N–H and O–H groups in total. The largest absolute Gasteiger partial charge is 0.298 e. The molecule has 0 radical (unpaired) electrons.